The van der Waals surface area contributed by atoms with E-state index in [9.17, 15) is 27.6 Å². The van der Waals surface area contributed by atoms with Crippen molar-refractivity contribution < 1.29 is 37.4 Å². The zero-order valence-corrected chi connectivity index (χ0v) is 18.5. The lowest BCUT2D eigenvalue weighted by Gasteiger charge is -2.24. The van der Waals surface area contributed by atoms with Crippen molar-refractivity contribution in [1.82, 2.24) is 10.6 Å². The van der Waals surface area contributed by atoms with Crippen molar-refractivity contribution in [2.24, 2.45) is 0 Å². The molecule has 10 heteroatoms. The molecule has 0 fully saturated rings. The number of carboxylic acid groups (broad SMARTS) is 1. The van der Waals surface area contributed by atoms with Crippen LogP contribution < -0.4 is 10.6 Å². The van der Waals surface area contributed by atoms with Gasteiger partial charge in [0.1, 0.15) is 18.7 Å². The van der Waals surface area contributed by atoms with Gasteiger partial charge < -0.3 is 20.5 Å². The van der Waals surface area contributed by atoms with Crippen LogP contribution in [0, 0.1) is 12.3 Å². The minimum absolute atomic E-state index is 0.0615. The molecule has 2 aromatic carbocycles. The Labute approximate surface area is 199 Å². The van der Waals surface area contributed by atoms with Crippen LogP contribution >= 0.6 is 0 Å². The lowest BCUT2D eigenvalue weighted by atomic mass is 9.98. The molecule has 184 valence electrons. The molecule has 7 nitrogen and oxygen atoms in total. The lowest BCUT2D eigenvalue weighted by Crippen LogP contribution is -2.53. The Hall–Kier alpha value is -4.00. The van der Waals surface area contributed by atoms with Crippen LogP contribution in [0.3, 0.4) is 0 Å². The number of alkyl carbamates (subject to hydrolysis) is 1. The molecule has 0 aromatic heterocycles. The molecular weight excluding hydrogens is 465 g/mol. The molecular formula is C25H23F3N2O5. The highest BCUT2D eigenvalue weighted by atomic mass is 19.4. The fourth-order valence-corrected chi connectivity index (χ4v) is 3.97. The first-order valence-corrected chi connectivity index (χ1v) is 10.8. The molecule has 2 amide bonds. The smallest absolute Gasteiger partial charge is 0.408 e. The van der Waals surface area contributed by atoms with E-state index in [4.69, 9.17) is 16.3 Å². The maximum atomic E-state index is 13.2. The molecule has 3 N–H and O–H groups in total. The van der Waals surface area contributed by atoms with Crippen molar-refractivity contribution in [2.75, 3.05) is 6.61 Å². The van der Waals surface area contributed by atoms with Gasteiger partial charge in [-0.3, -0.25) is 9.59 Å². The molecule has 0 aliphatic heterocycles. The molecule has 0 heterocycles. The van der Waals surface area contributed by atoms with Gasteiger partial charge in [-0.1, -0.05) is 48.5 Å². The second-order valence-corrected chi connectivity index (χ2v) is 7.97. The predicted molar refractivity (Wildman–Crippen MR) is 120 cm³/mol. The number of nitrogens with one attached hydrogen (secondary N) is 2. The normalized spacial score (nSPS) is 14.1. The van der Waals surface area contributed by atoms with Gasteiger partial charge in [-0.2, -0.15) is 13.2 Å². The quantitative estimate of drug-likeness (QED) is 0.466. The summed E-state index contributed by atoms with van der Waals surface area (Å²) in [5, 5.41) is 12.6. The Balaban J connectivity index is 1.64. The second kappa shape index (κ2) is 11.0. The van der Waals surface area contributed by atoms with Crippen LogP contribution in [0.4, 0.5) is 18.0 Å². The summed E-state index contributed by atoms with van der Waals surface area (Å²) in [5.74, 6) is -0.748. The lowest BCUT2D eigenvalue weighted by molar-refractivity contribution is -0.165. The number of fused-ring (bicyclic) bond motifs is 3. The van der Waals surface area contributed by atoms with Crippen LogP contribution in [0.25, 0.3) is 11.1 Å². The van der Waals surface area contributed by atoms with E-state index in [0.717, 1.165) is 22.3 Å². The number of halogens is 3. The first-order valence-electron chi connectivity index (χ1n) is 10.8. The number of terminal acetylenes is 1. The van der Waals surface area contributed by atoms with Crippen molar-refractivity contribution in [2.45, 2.75) is 43.4 Å². The number of ether oxygens (including phenoxy) is 1. The van der Waals surface area contributed by atoms with Crippen LogP contribution in [0.5, 0.6) is 0 Å². The van der Waals surface area contributed by atoms with Crippen LogP contribution in [0.15, 0.2) is 48.5 Å². The minimum atomic E-state index is -4.88. The van der Waals surface area contributed by atoms with Crippen molar-refractivity contribution in [3.63, 3.8) is 0 Å². The van der Waals surface area contributed by atoms with E-state index in [1.165, 1.54) is 0 Å². The minimum Gasteiger partial charge on any atom is -0.481 e. The highest BCUT2D eigenvalue weighted by Gasteiger charge is 2.41. The second-order valence-electron chi connectivity index (χ2n) is 7.97. The summed E-state index contributed by atoms with van der Waals surface area (Å²) in [6.45, 7) is -0.0615. The summed E-state index contributed by atoms with van der Waals surface area (Å²) in [5.41, 5.74) is 3.96. The molecule has 0 radical (unpaired) electrons. The van der Waals surface area contributed by atoms with Gasteiger partial charge in [0.05, 0.1) is 0 Å². The fraction of sp³-hybridized carbons (Fsp3) is 0.320. The van der Waals surface area contributed by atoms with Gasteiger partial charge >= 0.3 is 18.2 Å². The molecule has 1 aliphatic rings. The Morgan fingerprint density at radius 2 is 1.60 bits per heavy atom. The van der Waals surface area contributed by atoms with Gasteiger partial charge in [-0.25, -0.2) is 4.79 Å². The zero-order valence-electron chi connectivity index (χ0n) is 18.5. The van der Waals surface area contributed by atoms with Gasteiger partial charge in [-0.15, -0.1) is 12.3 Å². The maximum absolute atomic E-state index is 13.2. The zero-order chi connectivity index (χ0) is 25.6. The molecule has 0 spiro atoms. The van der Waals surface area contributed by atoms with Crippen molar-refractivity contribution in [3.05, 3.63) is 59.7 Å². The number of alkyl halides is 3. The molecule has 35 heavy (non-hydrogen) atoms. The standard InChI is InChI=1S/C25H23F3N2O5/c1-2-7-20(23(33)30-21(25(26,27)28)12-13-22(31)32)29-24(34)35-14-19-17-10-5-3-8-15(17)16-9-4-6-11-18(16)19/h1,3-6,8-11,19-21H,7,12-14H2,(H,29,34)(H,30,33)(H,31,32)/t20?,21-/m0/s1. The first kappa shape index (κ1) is 25.6. The van der Waals surface area contributed by atoms with E-state index < -0.39 is 49.1 Å². The van der Waals surface area contributed by atoms with Gasteiger partial charge in [-0.05, 0) is 28.7 Å². The van der Waals surface area contributed by atoms with E-state index in [0.29, 0.717) is 0 Å². The number of aliphatic carboxylic acids is 1. The fourth-order valence-electron chi connectivity index (χ4n) is 3.97. The van der Waals surface area contributed by atoms with Gasteiger partial charge in [0.25, 0.3) is 0 Å². The Kier molecular flexibility index (Phi) is 8.02. The molecule has 3 rings (SSSR count). The van der Waals surface area contributed by atoms with Crippen molar-refractivity contribution >= 4 is 18.0 Å². The maximum Gasteiger partial charge on any atom is 0.408 e. The average molecular weight is 488 g/mol. The summed E-state index contributed by atoms with van der Waals surface area (Å²) in [4.78, 5) is 35.5. The van der Waals surface area contributed by atoms with Crippen molar-refractivity contribution in [1.29, 1.82) is 0 Å². The molecule has 1 unspecified atom stereocenters. The number of carboxylic acids is 1. The number of rotatable bonds is 9. The number of benzene rings is 2. The van der Waals surface area contributed by atoms with Crippen LogP contribution in [0.1, 0.15) is 36.3 Å². The third-order valence-corrected chi connectivity index (χ3v) is 5.63. The van der Waals surface area contributed by atoms with Crippen molar-refractivity contribution in [3.8, 4) is 23.5 Å². The summed E-state index contributed by atoms with van der Waals surface area (Å²) >= 11 is 0. The number of hydrogen-bond acceptors (Lipinski definition) is 4. The Morgan fingerprint density at radius 3 is 2.11 bits per heavy atom. The Bertz CT molecular complexity index is 1100. The van der Waals surface area contributed by atoms with E-state index in [-0.39, 0.29) is 18.9 Å². The Morgan fingerprint density at radius 1 is 1.03 bits per heavy atom. The largest absolute Gasteiger partial charge is 0.481 e. The summed E-state index contributed by atoms with van der Waals surface area (Å²) < 4.78 is 45.0. The number of hydrogen-bond donors (Lipinski definition) is 3. The van der Waals surface area contributed by atoms with Crippen LogP contribution in [-0.2, 0) is 14.3 Å². The average Bonchev–Trinajstić information content (AvgIpc) is 3.13. The molecule has 0 saturated carbocycles. The summed E-state index contributed by atoms with van der Waals surface area (Å²) in [6.07, 6.45) is -2.73. The third kappa shape index (κ3) is 6.32. The highest BCUT2D eigenvalue weighted by Crippen LogP contribution is 2.44. The number of carbonyl (C=O) groups is 3. The third-order valence-electron chi connectivity index (χ3n) is 5.63. The van der Waals surface area contributed by atoms with Gasteiger partial charge in [0, 0.05) is 18.8 Å². The molecule has 1 aliphatic carbocycles. The number of carbonyl (C=O) groups excluding carboxylic acids is 2. The number of amides is 2. The predicted octanol–water partition coefficient (Wildman–Crippen LogP) is 3.83. The van der Waals surface area contributed by atoms with Gasteiger partial charge in [0.2, 0.25) is 5.91 Å². The topological polar surface area (TPSA) is 105 Å². The first-order chi connectivity index (χ1) is 16.6. The van der Waals surface area contributed by atoms with E-state index >= 15 is 0 Å². The van der Waals surface area contributed by atoms with Crippen LogP contribution in [0.2, 0.25) is 0 Å². The molecule has 2 aromatic rings. The monoisotopic (exact) mass is 488 g/mol. The molecule has 0 saturated heterocycles. The van der Waals surface area contributed by atoms with Gasteiger partial charge in [0.15, 0.2) is 0 Å². The van der Waals surface area contributed by atoms with Crippen LogP contribution in [-0.4, -0.2) is 47.9 Å². The summed E-state index contributed by atoms with van der Waals surface area (Å²) in [7, 11) is 0. The SMILES string of the molecule is C#CCC(NC(=O)OCC1c2ccccc2-c2ccccc21)C(=O)N[C@@H](CCC(=O)O)C(F)(F)F. The molecule has 2 atom stereocenters. The molecule has 0 bridgehead atoms. The van der Waals surface area contributed by atoms with E-state index in [1.807, 2.05) is 48.5 Å². The van der Waals surface area contributed by atoms with E-state index in [1.54, 1.807) is 5.32 Å². The van der Waals surface area contributed by atoms with E-state index in [2.05, 4.69) is 11.2 Å². The highest BCUT2D eigenvalue weighted by molar-refractivity contribution is 5.86. The summed E-state index contributed by atoms with van der Waals surface area (Å²) in [6, 6.07) is 11.4.